The van der Waals surface area contributed by atoms with Crippen LogP contribution in [0.2, 0.25) is 0 Å². The van der Waals surface area contributed by atoms with E-state index in [1.54, 1.807) is 6.07 Å². The zero-order chi connectivity index (χ0) is 22.9. The Morgan fingerprint density at radius 1 is 1.07 bits per heavy atom. The fourth-order valence-electron chi connectivity index (χ4n) is 2.29. The minimum atomic E-state index is -6.61. The molecule has 0 heterocycles. The van der Waals surface area contributed by atoms with Gasteiger partial charge in [-0.05, 0) is 11.5 Å². The second-order valence-electron chi connectivity index (χ2n) is 5.65. The van der Waals surface area contributed by atoms with E-state index in [0.717, 1.165) is 6.07 Å². The standard InChI is InChI=1S/C17H11F5O7S/c1-2-12(23)28-13-10-6-4-3-5-9(10)7-8-11(13)14(24)29-15(16(18,19)20)17(21,22)30(25,26)27/h2-8,15H,1H2,(H,25,26,27). The van der Waals surface area contributed by atoms with Crippen molar-refractivity contribution in [2.75, 3.05) is 0 Å². The summed E-state index contributed by atoms with van der Waals surface area (Å²) in [4.78, 5) is 23.8. The molecule has 1 atom stereocenters. The molecule has 0 aliphatic rings. The monoisotopic (exact) mass is 454 g/mol. The second-order valence-corrected chi connectivity index (χ2v) is 7.15. The molecule has 1 N–H and O–H groups in total. The molecule has 0 aliphatic heterocycles. The van der Waals surface area contributed by atoms with Gasteiger partial charge in [0.1, 0.15) is 5.56 Å². The van der Waals surface area contributed by atoms with Crippen molar-refractivity contribution in [3.8, 4) is 5.75 Å². The first-order valence-electron chi connectivity index (χ1n) is 7.68. The van der Waals surface area contributed by atoms with E-state index < -0.39 is 50.9 Å². The van der Waals surface area contributed by atoms with Gasteiger partial charge in [-0.15, -0.1) is 0 Å². The molecule has 7 nitrogen and oxygen atoms in total. The molecule has 1 unspecified atom stereocenters. The third kappa shape index (κ3) is 4.57. The van der Waals surface area contributed by atoms with Crippen LogP contribution in [-0.4, -0.2) is 42.4 Å². The molecule has 0 radical (unpaired) electrons. The SMILES string of the molecule is C=CC(=O)Oc1c(C(=O)OC(C(F)(F)F)C(F)(F)S(=O)(=O)O)ccc2ccccc12. The third-order valence-electron chi connectivity index (χ3n) is 3.64. The number of benzene rings is 2. The maximum absolute atomic E-state index is 13.7. The van der Waals surface area contributed by atoms with E-state index in [9.17, 15) is 40.0 Å². The highest BCUT2D eigenvalue weighted by Gasteiger charge is 2.66. The van der Waals surface area contributed by atoms with Crippen LogP contribution in [0, 0.1) is 0 Å². The average molecular weight is 454 g/mol. The molecule has 0 aliphatic carbocycles. The molecule has 0 bridgehead atoms. The molecule has 0 saturated carbocycles. The number of hydrogen-bond acceptors (Lipinski definition) is 6. The number of rotatable bonds is 6. The summed E-state index contributed by atoms with van der Waals surface area (Å²) in [5.41, 5.74) is -0.885. The Kier molecular flexibility index (Phi) is 6.18. The molecule has 2 rings (SSSR count). The topological polar surface area (TPSA) is 107 Å². The normalized spacial score (nSPS) is 13.5. The molecular weight excluding hydrogens is 443 g/mol. The van der Waals surface area contributed by atoms with Gasteiger partial charge in [-0.2, -0.15) is 30.4 Å². The fraction of sp³-hybridized carbons (Fsp3) is 0.176. The van der Waals surface area contributed by atoms with Crippen LogP contribution in [0.25, 0.3) is 10.8 Å². The number of esters is 2. The Hall–Kier alpha value is -3.06. The summed E-state index contributed by atoms with van der Waals surface area (Å²) in [5, 5.41) is -5.51. The van der Waals surface area contributed by atoms with Gasteiger partial charge in [0.15, 0.2) is 5.75 Å². The fourth-order valence-corrected chi connectivity index (χ4v) is 2.74. The van der Waals surface area contributed by atoms with Gasteiger partial charge < -0.3 is 9.47 Å². The molecule has 13 heteroatoms. The molecule has 0 fully saturated rings. The summed E-state index contributed by atoms with van der Waals surface area (Å²) in [5.74, 6) is -3.84. The maximum atomic E-state index is 13.7. The first-order chi connectivity index (χ1) is 13.7. The van der Waals surface area contributed by atoms with Crippen molar-refractivity contribution in [2.45, 2.75) is 17.5 Å². The lowest BCUT2D eigenvalue weighted by molar-refractivity contribution is -0.248. The molecule has 0 spiro atoms. The summed E-state index contributed by atoms with van der Waals surface area (Å²) in [6, 6.07) is 7.79. The van der Waals surface area contributed by atoms with Crippen LogP contribution < -0.4 is 4.74 Å². The quantitative estimate of drug-likeness (QED) is 0.234. The number of alkyl halides is 5. The van der Waals surface area contributed by atoms with Crippen molar-refractivity contribution in [2.24, 2.45) is 0 Å². The van der Waals surface area contributed by atoms with Crippen LogP contribution in [0.3, 0.4) is 0 Å². The zero-order valence-corrected chi connectivity index (χ0v) is 15.3. The Balaban J connectivity index is 2.60. The molecule has 0 amide bonds. The van der Waals surface area contributed by atoms with Gasteiger partial charge in [-0.3, -0.25) is 4.55 Å². The Bertz CT molecular complexity index is 1110. The van der Waals surface area contributed by atoms with E-state index in [0.29, 0.717) is 11.5 Å². The summed E-state index contributed by atoms with van der Waals surface area (Å²) in [6.07, 6.45) is -9.95. The van der Waals surface area contributed by atoms with Gasteiger partial charge in [0.25, 0.3) is 6.10 Å². The van der Waals surface area contributed by atoms with Crippen molar-refractivity contribution >= 4 is 32.8 Å². The van der Waals surface area contributed by atoms with Gasteiger partial charge in [-0.1, -0.05) is 36.9 Å². The highest BCUT2D eigenvalue weighted by atomic mass is 32.2. The molecule has 162 valence electrons. The van der Waals surface area contributed by atoms with Gasteiger partial charge in [-0.25, -0.2) is 9.59 Å². The molecule has 2 aromatic carbocycles. The number of ether oxygens (including phenoxy) is 2. The predicted octanol–water partition coefficient (Wildman–Crippen LogP) is 3.50. The molecule has 0 saturated heterocycles. The largest absolute Gasteiger partial charge is 0.441 e. The van der Waals surface area contributed by atoms with Crippen LogP contribution in [0.1, 0.15) is 10.4 Å². The maximum Gasteiger partial charge on any atom is 0.432 e. The Labute approximate surface area is 165 Å². The van der Waals surface area contributed by atoms with Crippen LogP contribution in [-0.2, 0) is 19.6 Å². The van der Waals surface area contributed by atoms with Crippen LogP contribution in [0.15, 0.2) is 49.1 Å². The minimum Gasteiger partial charge on any atom is -0.441 e. The van der Waals surface area contributed by atoms with Crippen molar-refractivity contribution in [3.05, 3.63) is 54.6 Å². The number of halogens is 5. The van der Waals surface area contributed by atoms with Crippen LogP contribution in [0.5, 0.6) is 5.75 Å². The van der Waals surface area contributed by atoms with Gasteiger partial charge in [0.2, 0.25) is 0 Å². The Morgan fingerprint density at radius 2 is 1.67 bits per heavy atom. The van der Waals surface area contributed by atoms with Crippen molar-refractivity contribution < 1.29 is 54.0 Å². The van der Waals surface area contributed by atoms with Crippen LogP contribution in [0.4, 0.5) is 22.0 Å². The van der Waals surface area contributed by atoms with Crippen LogP contribution >= 0.6 is 0 Å². The lowest BCUT2D eigenvalue weighted by Gasteiger charge is -2.26. The van der Waals surface area contributed by atoms with Gasteiger partial charge in [0, 0.05) is 11.5 Å². The number of fused-ring (bicyclic) bond motifs is 1. The summed E-state index contributed by atoms with van der Waals surface area (Å²) < 4.78 is 105. The van der Waals surface area contributed by atoms with E-state index in [2.05, 4.69) is 11.3 Å². The van der Waals surface area contributed by atoms with Gasteiger partial charge in [0.05, 0.1) is 0 Å². The summed E-state index contributed by atoms with van der Waals surface area (Å²) >= 11 is 0. The predicted molar refractivity (Wildman–Crippen MR) is 91.5 cm³/mol. The van der Waals surface area contributed by atoms with E-state index >= 15 is 0 Å². The Morgan fingerprint density at radius 3 is 2.20 bits per heavy atom. The molecular formula is C17H11F5O7S. The summed E-state index contributed by atoms with van der Waals surface area (Å²) in [6.45, 7) is 3.12. The smallest absolute Gasteiger partial charge is 0.432 e. The van der Waals surface area contributed by atoms with Crippen molar-refractivity contribution in [1.82, 2.24) is 0 Å². The lowest BCUT2D eigenvalue weighted by Crippen LogP contribution is -2.52. The third-order valence-corrected chi connectivity index (χ3v) is 4.54. The number of carbonyl (C=O) groups excluding carboxylic acids is 2. The van der Waals surface area contributed by atoms with E-state index in [-0.39, 0.29) is 5.39 Å². The number of carbonyl (C=O) groups is 2. The highest BCUT2D eigenvalue weighted by molar-refractivity contribution is 7.86. The lowest BCUT2D eigenvalue weighted by atomic mass is 10.1. The highest BCUT2D eigenvalue weighted by Crippen LogP contribution is 2.39. The zero-order valence-electron chi connectivity index (χ0n) is 14.5. The average Bonchev–Trinajstić information content (AvgIpc) is 2.64. The van der Waals surface area contributed by atoms with Crippen molar-refractivity contribution in [1.29, 1.82) is 0 Å². The second kappa shape index (κ2) is 7.99. The van der Waals surface area contributed by atoms with Crippen molar-refractivity contribution in [3.63, 3.8) is 0 Å². The van der Waals surface area contributed by atoms with E-state index in [1.807, 2.05) is 0 Å². The number of hydrogen-bond donors (Lipinski definition) is 1. The molecule has 0 aromatic heterocycles. The minimum absolute atomic E-state index is 0.0345. The first kappa shape index (κ1) is 23.2. The van der Waals surface area contributed by atoms with E-state index in [1.165, 1.54) is 24.3 Å². The summed E-state index contributed by atoms with van der Waals surface area (Å²) in [7, 11) is -6.61. The molecule has 2 aromatic rings. The van der Waals surface area contributed by atoms with Gasteiger partial charge >= 0.3 is 33.5 Å². The van der Waals surface area contributed by atoms with E-state index in [4.69, 9.17) is 9.29 Å². The molecule has 30 heavy (non-hydrogen) atoms. The first-order valence-corrected chi connectivity index (χ1v) is 9.12.